The van der Waals surface area contributed by atoms with E-state index >= 15 is 0 Å². The van der Waals surface area contributed by atoms with Crippen LogP contribution in [0.5, 0.6) is 0 Å². The van der Waals surface area contributed by atoms with E-state index < -0.39 is 0 Å². The van der Waals surface area contributed by atoms with Crippen molar-refractivity contribution in [3.8, 4) is 0 Å². The maximum absolute atomic E-state index is 5.15. The van der Waals surface area contributed by atoms with Crippen LogP contribution in [0.15, 0.2) is 34.4 Å². The van der Waals surface area contributed by atoms with Crippen LogP contribution in [0.3, 0.4) is 0 Å². The van der Waals surface area contributed by atoms with Gasteiger partial charge < -0.3 is 9.47 Å². The molecule has 0 aromatic carbocycles. The Morgan fingerprint density at radius 2 is 2.08 bits per heavy atom. The summed E-state index contributed by atoms with van der Waals surface area (Å²) in [4.78, 5) is 0. The monoisotopic (exact) mass is 244 g/mol. The highest BCUT2D eigenvalue weighted by atomic mass is 79.9. The largest absolute Gasteiger partial charge is 0.352 e. The minimum absolute atomic E-state index is 0.261. The van der Waals surface area contributed by atoms with E-state index in [1.165, 1.54) is 0 Å². The van der Waals surface area contributed by atoms with Crippen molar-refractivity contribution >= 4 is 15.9 Å². The molecule has 0 N–H and O–H groups in total. The molecule has 1 aliphatic carbocycles. The van der Waals surface area contributed by atoms with Crippen molar-refractivity contribution in [2.24, 2.45) is 0 Å². The van der Waals surface area contributed by atoms with Gasteiger partial charge in [-0.1, -0.05) is 40.2 Å². The van der Waals surface area contributed by atoms with Gasteiger partial charge in [0.2, 0.25) is 0 Å². The van der Waals surface area contributed by atoms with Crippen LogP contribution in [0.2, 0.25) is 0 Å². The first kappa shape index (κ1) is 10.7. The summed E-state index contributed by atoms with van der Waals surface area (Å²) in [6, 6.07) is 0. The third kappa shape index (κ3) is 3.10. The molecule has 0 saturated carbocycles. The Morgan fingerprint density at radius 3 is 2.69 bits per heavy atom. The molecule has 0 unspecified atom stereocenters. The second-order valence-corrected chi connectivity index (χ2v) is 3.70. The highest BCUT2D eigenvalue weighted by molar-refractivity contribution is 9.11. The van der Waals surface area contributed by atoms with Gasteiger partial charge in [0.15, 0.2) is 6.29 Å². The van der Waals surface area contributed by atoms with E-state index in [9.17, 15) is 0 Å². The van der Waals surface area contributed by atoms with Gasteiger partial charge in [0.05, 0.1) is 0 Å². The molecular weight excluding hydrogens is 232 g/mol. The highest BCUT2D eigenvalue weighted by Gasteiger charge is 2.09. The lowest BCUT2D eigenvalue weighted by atomic mass is 10.2. The van der Waals surface area contributed by atoms with E-state index in [-0.39, 0.29) is 6.29 Å². The molecule has 0 aromatic heterocycles. The molecule has 0 amide bonds. The van der Waals surface area contributed by atoms with Crippen LogP contribution < -0.4 is 0 Å². The van der Waals surface area contributed by atoms with E-state index in [0.717, 1.165) is 16.5 Å². The number of ether oxygens (including phenoxy) is 2. The van der Waals surface area contributed by atoms with Crippen molar-refractivity contribution in [1.82, 2.24) is 0 Å². The number of methoxy groups -OCH3 is 2. The Kier molecular flexibility index (Phi) is 4.42. The fourth-order valence-corrected chi connectivity index (χ4v) is 1.47. The average molecular weight is 245 g/mol. The predicted molar refractivity (Wildman–Crippen MR) is 56.7 cm³/mol. The molecule has 13 heavy (non-hydrogen) atoms. The van der Waals surface area contributed by atoms with Crippen LogP contribution in [-0.4, -0.2) is 20.5 Å². The first-order valence-electron chi connectivity index (χ1n) is 4.06. The Labute approximate surface area is 87.0 Å². The standard InChI is InChI=1S/C10H13BrO2/c1-12-10(13-2)8-4-3-5-9(11)7-6-8/h3-6,10H,7H2,1-2H3. The Morgan fingerprint density at radius 1 is 1.38 bits per heavy atom. The molecule has 0 saturated heterocycles. The summed E-state index contributed by atoms with van der Waals surface area (Å²) in [6.45, 7) is 0. The van der Waals surface area contributed by atoms with Gasteiger partial charge in [-0.05, 0) is 10.9 Å². The van der Waals surface area contributed by atoms with Gasteiger partial charge in [0, 0.05) is 19.8 Å². The van der Waals surface area contributed by atoms with Crippen molar-refractivity contribution in [2.75, 3.05) is 14.2 Å². The van der Waals surface area contributed by atoms with Crippen LogP contribution in [0.4, 0.5) is 0 Å². The number of allylic oxidation sites excluding steroid dienone is 4. The molecule has 0 radical (unpaired) electrons. The maximum atomic E-state index is 5.15. The third-order valence-corrected chi connectivity index (χ3v) is 2.39. The summed E-state index contributed by atoms with van der Waals surface area (Å²) >= 11 is 3.44. The van der Waals surface area contributed by atoms with E-state index in [1.807, 2.05) is 18.2 Å². The second kappa shape index (κ2) is 5.37. The second-order valence-electron chi connectivity index (χ2n) is 2.68. The lowest BCUT2D eigenvalue weighted by Gasteiger charge is -2.13. The number of rotatable bonds is 3. The van der Waals surface area contributed by atoms with Crippen molar-refractivity contribution in [1.29, 1.82) is 0 Å². The molecule has 0 heterocycles. The van der Waals surface area contributed by atoms with Crippen LogP contribution in [0.1, 0.15) is 6.42 Å². The van der Waals surface area contributed by atoms with E-state index in [1.54, 1.807) is 14.2 Å². The van der Waals surface area contributed by atoms with Crippen molar-refractivity contribution < 1.29 is 9.47 Å². The summed E-state index contributed by atoms with van der Waals surface area (Å²) in [5.74, 6) is 0. The van der Waals surface area contributed by atoms with Crippen LogP contribution in [0, 0.1) is 0 Å². The zero-order valence-electron chi connectivity index (χ0n) is 7.79. The van der Waals surface area contributed by atoms with Gasteiger partial charge in [-0.2, -0.15) is 0 Å². The Balaban J connectivity index is 2.71. The predicted octanol–water partition coefficient (Wildman–Crippen LogP) is 2.77. The van der Waals surface area contributed by atoms with Crippen LogP contribution in [-0.2, 0) is 9.47 Å². The van der Waals surface area contributed by atoms with Gasteiger partial charge in [-0.25, -0.2) is 0 Å². The molecular formula is C10H13BrO2. The molecule has 0 aromatic rings. The van der Waals surface area contributed by atoms with Crippen LogP contribution >= 0.6 is 15.9 Å². The zero-order valence-corrected chi connectivity index (χ0v) is 9.37. The van der Waals surface area contributed by atoms with E-state index in [4.69, 9.17) is 9.47 Å². The molecule has 0 bridgehead atoms. The van der Waals surface area contributed by atoms with Gasteiger partial charge in [0.1, 0.15) is 0 Å². The normalized spacial score (nSPS) is 16.9. The average Bonchev–Trinajstić information content (AvgIpc) is 2.34. The first-order valence-corrected chi connectivity index (χ1v) is 4.85. The minimum atomic E-state index is -0.261. The Bertz CT molecular complexity index is 250. The molecule has 0 spiro atoms. The summed E-state index contributed by atoms with van der Waals surface area (Å²) < 4.78 is 11.5. The molecule has 3 heteroatoms. The lowest BCUT2D eigenvalue weighted by Crippen LogP contribution is -2.14. The summed E-state index contributed by atoms with van der Waals surface area (Å²) in [5.41, 5.74) is 1.05. The summed E-state index contributed by atoms with van der Waals surface area (Å²) in [6.07, 6.45) is 8.70. The number of hydrogen-bond donors (Lipinski definition) is 0. The molecule has 0 aliphatic heterocycles. The maximum Gasteiger partial charge on any atom is 0.182 e. The van der Waals surface area contributed by atoms with E-state index in [0.29, 0.717) is 0 Å². The van der Waals surface area contributed by atoms with Crippen molar-refractivity contribution in [3.05, 3.63) is 34.4 Å². The molecule has 0 fully saturated rings. The smallest absolute Gasteiger partial charge is 0.182 e. The highest BCUT2D eigenvalue weighted by Crippen LogP contribution is 2.19. The molecule has 0 atom stereocenters. The van der Waals surface area contributed by atoms with Crippen molar-refractivity contribution in [2.45, 2.75) is 12.7 Å². The molecule has 2 nitrogen and oxygen atoms in total. The molecule has 1 rings (SSSR count). The Hall–Kier alpha value is -0.380. The van der Waals surface area contributed by atoms with Gasteiger partial charge in [-0.3, -0.25) is 0 Å². The zero-order chi connectivity index (χ0) is 9.68. The fraction of sp³-hybridized carbons (Fsp3) is 0.400. The lowest BCUT2D eigenvalue weighted by molar-refractivity contribution is -0.0726. The number of halogens is 1. The SMILES string of the molecule is COC(OC)C1=CCC(Br)=CC=C1. The number of hydrogen-bond acceptors (Lipinski definition) is 2. The minimum Gasteiger partial charge on any atom is -0.352 e. The summed E-state index contributed by atoms with van der Waals surface area (Å²) in [5, 5.41) is 0. The van der Waals surface area contributed by atoms with E-state index in [2.05, 4.69) is 22.0 Å². The van der Waals surface area contributed by atoms with Gasteiger partial charge >= 0.3 is 0 Å². The van der Waals surface area contributed by atoms with Crippen LogP contribution in [0.25, 0.3) is 0 Å². The summed E-state index contributed by atoms with van der Waals surface area (Å²) in [7, 11) is 3.27. The fourth-order valence-electron chi connectivity index (χ4n) is 1.16. The quantitative estimate of drug-likeness (QED) is 0.712. The van der Waals surface area contributed by atoms with Gasteiger partial charge in [0.25, 0.3) is 0 Å². The third-order valence-electron chi connectivity index (χ3n) is 1.80. The van der Waals surface area contributed by atoms with Crippen molar-refractivity contribution in [3.63, 3.8) is 0 Å². The topological polar surface area (TPSA) is 18.5 Å². The molecule has 72 valence electrons. The first-order chi connectivity index (χ1) is 6.27. The van der Waals surface area contributed by atoms with Gasteiger partial charge in [-0.15, -0.1) is 0 Å². The molecule has 1 aliphatic rings.